The monoisotopic (exact) mass is 536 g/mol. The van der Waals surface area contributed by atoms with E-state index in [2.05, 4.69) is 20.9 Å². The van der Waals surface area contributed by atoms with E-state index in [1.807, 2.05) is 24.4 Å². The Bertz CT molecular complexity index is 1280. The fourth-order valence-corrected chi connectivity index (χ4v) is 5.07. The summed E-state index contributed by atoms with van der Waals surface area (Å²) in [5.41, 5.74) is 7.59. The minimum Gasteiger partial charge on any atom is -0.368 e. The molecule has 1 saturated heterocycles. The molecule has 0 bridgehead atoms. The van der Waals surface area contributed by atoms with Crippen molar-refractivity contribution in [3.63, 3.8) is 0 Å². The molecule has 2 heterocycles. The van der Waals surface area contributed by atoms with Crippen LogP contribution < -0.4 is 5.73 Å². The molecule has 2 amide bonds. The summed E-state index contributed by atoms with van der Waals surface area (Å²) < 4.78 is 2.66. The summed E-state index contributed by atoms with van der Waals surface area (Å²) in [5.74, 6) is -0.623. The maximum Gasteiger partial charge on any atom is 0.266 e. The van der Waals surface area contributed by atoms with Gasteiger partial charge in [0, 0.05) is 44.2 Å². The molecule has 0 atom stereocenters. The van der Waals surface area contributed by atoms with Gasteiger partial charge in [0.15, 0.2) is 5.17 Å². The second-order valence-corrected chi connectivity index (χ2v) is 9.63. The number of benzene rings is 2. The molecule has 1 aromatic heterocycles. The second-order valence-electron chi connectivity index (χ2n) is 6.84. The third kappa shape index (κ3) is 4.67. The molecule has 0 spiro atoms. The van der Waals surface area contributed by atoms with Gasteiger partial charge in [0.2, 0.25) is 5.91 Å². The molecule has 6 nitrogen and oxygen atoms in total. The summed E-state index contributed by atoms with van der Waals surface area (Å²) in [6.45, 7) is 0.0462. The van der Waals surface area contributed by atoms with Gasteiger partial charge in [-0.25, -0.2) is 4.99 Å². The number of hydrogen-bond acceptors (Lipinski definition) is 4. The number of amides is 2. The molecule has 1 aliphatic rings. The molecule has 2 N–H and O–H groups in total. The van der Waals surface area contributed by atoms with Crippen LogP contribution in [0.3, 0.4) is 0 Å². The third-order valence-electron chi connectivity index (χ3n) is 4.56. The van der Waals surface area contributed by atoms with Gasteiger partial charge in [-0.05, 0) is 54.2 Å². The largest absolute Gasteiger partial charge is 0.368 e. The molecule has 0 saturated carbocycles. The van der Waals surface area contributed by atoms with Gasteiger partial charge in [-0.15, -0.1) is 0 Å². The predicted octanol–water partition coefficient (Wildman–Crippen LogP) is 5.43. The van der Waals surface area contributed by atoms with Crippen molar-refractivity contribution in [3.05, 3.63) is 67.6 Å². The van der Waals surface area contributed by atoms with Crippen LogP contribution in [0.5, 0.6) is 0 Å². The molecule has 2 aromatic carbocycles. The lowest BCUT2D eigenvalue weighted by Crippen LogP contribution is -2.23. The van der Waals surface area contributed by atoms with Gasteiger partial charge >= 0.3 is 0 Å². The number of nitrogens with zero attached hydrogens (tertiary/aromatic N) is 3. The molecular formula is C21H15BrCl2N4O2S. The number of halogens is 3. The Kier molecular flexibility index (Phi) is 6.16. The first kappa shape index (κ1) is 22.0. The van der Waals surface area contributed by atoms with Crippen LogP contribution >= 0.6 is 50.9 Å². The summed E-state index contributed by atoms with van der Waals surface area (Å²) in [6.07, 6.45) is 3.61. The highest BCUT2D eigenvalue weighted by molar-refractivity contribution is 9.10. The van der Waals surface area contributed by atoms with E-state index >= 15 is 0 Å². The number of thioether (sulfide) groups is 1. The number of aliphatic imine (C=N–C) groups is 1. The van der Waals surface area contributed by atoms with Crippen LogP contribution in [0.25, 0.3) is 17.0 Å². The Balaban J connectivity index is 1.74. The molecule has 158 valence electrons. The zero-order chi connectivity index (χ0) is 22.3. The van der Waals surface area contributed by atoms with E-state index in [1.165, 1.54) is 16.7 Å². The summed E-state index contributed by atoms with van der Waals surface area (Å²) >= 11 is 16.8. The fraction of sp³-hybridized carbons (Fsp3) is 0.0952. The lowest BCUT2D eigenvalue weighted by Gasteiger charge is -2.07. The van der Waals surface area contributed by atoms with Gasteiger partial charge in [-0.3, -0.25) is 14.5 Å². The second kappa shape index (κ2) is 8.70. The third-order valence-corrected chi connectivity index (χ3v) is 6.55. The van der Waals surface area contributed by atoms with Gasteiger partial charge < -0.3 is 10.3 Å². The summed E-state index contributed by atoms with van der Waals surface area (Å²) in [4.78, 5) is 30.8. The van der Waals surface area contributed by atoms with Crippen molar-refractivity contribution in [1.29, 1.82) is 0 Å². The Hall–Kier alpha value is -2.26. The van der Waals surface area contributed by atoms with Crippen LogP contribution in [0.1, 0.15) is 5.56 Å². The van der Waals surface area contributed by atoms with Crippen molar-refractivity contribution < 1.29 is 9.59 Å². The van der Waals surface area contributed by atoms with Gasteiger partial charge in [-0.1, -0.05) is 39.1 Å². The average Bonchev–Trinajstić information content (AvgIpc) is 3.13. The van der Waals surface area contributed by atoms with Gasteiger partial charge in [-0.2, -0.15) is 0 Å². The van der Waals surface area contributed by atoms with Crippen LogP contribution in [0.4, 0.5) is 5.69 Å². The molecule has 4 rings (SSSR count). The lowest BCUT2D eigenvalue weighted by molar-refractivity contribution is -0.121. The van der Waals surface area contributed by atoms with Crippen molar-refractivity contribution in [3.8, 4) is 0 Å². The first-order chi connectivity index (χ1) is 14.7. The van der Waals surface area contributed by atoms with Crippen molar-refractivity contribution in [2.45, 2.75) is 6.54 Å². The number of carbonyl (C=O) groups excluding carboxylic acids is 2. The van der Waals surface area contributed by atoms with E-state index < -0.39 is 5.91 Å². The molecule has 0 radical (unpaired) electrons. The Morgan fingerprint density at radius 2 is 1.94 bits per heavy atom. The zero-order valence-corrected chi connectivity index (χ0v) is 20.0. The highest BCUT2D eigenvalue weighted by atomic mass is 79.9. The van der Waals surface area contributed by atoms with Crippen LogP contribution in [0, 0.1) is 0 Å². The molecule has 10 heteroatoms. The molecular weight excluding hydrogens is 523 g/mol. The Labute approximate surface area is 200 Å². The number of nitrogens with two attached hydrogens (primary N) is 1. The molecule has 31 heavy (non-hydrogen) atoms. The maximum atomic E-state index is 12.8. The molecule has 1 fully saturated rings. The van der Waals surface area contributed by atoms with Gasteiger partial charge in [0.1, 0.15) is 6.54 Å². The first-order valence-corrected chi connectivity index (χ1v) is 11.4. The van der Waals surface area contributed by atoms with Gasteiger partial charge in [0.05, 0.1) is 10.6 Å². The maximum absolute atomic E-state index is 12.8. The zero-order valence-electron chi connectivity index (χ0n) is 16.1. The minimum atomic E-state index is -0.445. The predicted molar refractivity (Wildman–Crippen MR) is 131 cm³/mol. The summed E-state index contributed by atoms with van der Waals surface area (Å²) in [7, 11) is 1.66. The molecule has 0 unspecified atom stereocenters. The van der Waals surface area contributed by atoms with Crippen molar-refractivity contribution in [1.82, 2.24) is 9.47 Å². The molecule has 3 aromatic rings. The lowest BCUT2D eigenvalue weighted by atomic mass is 10.1. The molecule has 1 aliphatic heterocycles. The Morgan fingerprint density at radius 3 is 2.61 bits per heavy atom. The SMILES string of the molecule is CN1C(=O)/C(=C/c2cn(CC(N)=O)c3ccc(Br)cc23)SC1=Nc1cc(Cl)cc(Cl)c1. The van der Waals surface area contributed by atoms with E-state index in [-0.39, 0.29) is 12.5 Å². The number of carbonyl (C=O) groups is 2. The number of primary amides is 1. The quantitative estimate of drug-likeness (QED) is 0.450. The number of hydrogen-bond donors (Lipinski definition) is 1. The number of amidine groups is 1. The first-order valence-electron chi connectivity index (χ1n) is 9.00. The minimum absolute atomic E-state index is 0.0462. The van der Waals surface area contributed by atoms with E-state index in [9.17, 15) is 9.59 Å². The number of rotatable bonds is 4. The smallest absolute Gasteiger partial charge is 0.266 e. The summed E-state index contributed by atoms with van der Waals surface area (Å²) in [6, 6.07) is 10.7. The summed E-state index contributed by atoms with van der Waals surface area (Å²) in [5, 5.41) is 2.34. The van der Waals surface area contributed by atoms with Crippen LogP contribution in [-0.4, -0.2) is 33.5 Å². The number of likely N-dealkylation sites (N-methyl/N-ethyl adjacent to an activating group) is 1. The van der Waals surface area contributed by atoms with Crippen molar-refractivity contribution in [2.75, 3.05) is 7.05 Å². The van der Waals surface area contributed by atoms with Crippen LogP contribution in [-0.2, 0) is 16.1 Å². The van der Waals surface area contributed by atoms with Crippen molar-refractivity contribution >= 4 is 90.5 Å². The van der Waals surface area contributed by atoms with Crippen LogP contribution in [0.2, 0.25) is 10.0 Å². The highest BCUT2D eigenvalue weighted by Crippen LogP contribution is 2.36. The van der Waals surface area contributed by atoms with E-state index in [1.54, 1.807) is 35.9 Å². The average molecular weight is 538 g/mol. The van der Waals surface area contributed by atoms with E-state index in [0.29, 0.717) is 25.8 Å². The molecule has 0 aliphatic carbocycles. The highest BCUT2D eigenvalue weighted by Gasteiger charge is 2.30. The van der Waals surface area contributed by atoms with E-state index in [4.69, 9.17) is 28.9 Å². The number of fused-ring (bicyclic) bond motifs is 1. The number of aromatic nitrogens is 1. The standard InChI is InChI=1S/C21H15BrCl2N4O2S/c1-27-20(30)18(31-21(27)26-15-7-13(23)6-14(24)8-15)4-11-9-28(10-19(25)29)17-3-2-12(22)5-16(11)17/h2-9H,10H2,1H3,(H2,25,29)/b18-4-,26-21?. The van der Waals surface area contributed by atoms with Crippen LogP contribution in [0.15, 0.2) is 57.0 Å². The fourth-order valence-electron chi connectivity index (χ4n) is 3.22. The normalized spacial score (nSPS) is 16.8. The van der Waals surface area contributed by atoms with Crippen molar-refractivity contribution in [2.24, 2.45) is 10.7 Å². The van der Waals surface area contributed by atoms with Gasteiger partial charge in [0.25, 0.3) is 5.91 Å². The van der Waals surface area contributed by atoms with E-state index in [0.717, 1.165) is 20.9 Å². The topological polar surface area (TPSA) is 80.7 Å². The Morgan fingerprint density at radius 1 is 1.23 bits per heavy atom.